The number of nitrogens with zero attached hydrogens (tertiary/aromatic N) is 2. The minimum absolute atomic E-state index is 0.0293. The standard InChI is InChI=1S/C16H29N3O2/c1-12-7-8-13(21-12)11-19(10-9-18(5)6)15(20)14(17)16(2,3)4/h7-8,14H,9-11,17H2,1-6H3/t14-/m0/s1. The highest BCUT2D eigenvalue weighted by Gasteiger charge is 2.31. The first-order valence-electron chi connectivity index (χ1n) is 7.35. The SMILES string of the molecule is Cc1ccc(CN(CCN(C)C)C(=O)[C@H](N)C(C)(C)C)o1. The summed E-state index contributed by atoms with van der Waals surface area (Å²) in [7, 11) is 3.98. The Balaban J connectivity index is 2.83. The summed E-state index contributed by atoms with van der Waals surface area (Å²) in [6, 6.07) is 3.30. The molecule has 2 N–H and O–H groups in total. The van der Waals surface area contributed by atoms with Crippen LogP contribution in [0.4, 0.5) is 0 Å². The van der Waals surface area contributed by atoms with Gasteiger partial charge in [-0.2, -0.15) is 0 Å². The number of hydrogen-bond donors (Lipinski definition) is 1. The zero-order valence-electron chi connectivity index (χ0n) is 14.1. The first kappa shape index (κ1) is 17.7. The fourth-order valence-corrected chi connectivity index (χ4v) is 1.91. The van der Waals surface area contributed by atoms with Gasteiger partial charge in [-0.1, -0.05) is 20.8 Å². The average molecular weight is 295 g/mol. The normalized spacial score (nSPS) is 13.5. The van der Waals surface area contributed by atoms with E-state index in [1.807, 2.05) is 53.9 Å². The van der Waals surface area contributed by atoms with Crippen molar-refractivity contribution in [2.45, 2.75) is 40.3 Å². The van der Waals surface area contributed by atoms with Crippen LogP contribution in [0, 0.1) is 12.3 Å². The van der Waals surface area contributed by atoms with E-state index in [1.165, 1.54) is 0 Å². The van der Waals surface area contributed by atoms with Crippen LogP contribution in [0.3, 0.4) is 0 Å². The Kier molecular flexibility index (Phi) is 5.98. The van der Waals surface area contributed by atoms with Crippen molar-refractivity contribution in [2.24, 2.45) is 11.1 Å². The largest absolute Gasteiger partial charge is 0.464 e. The number of nitrogens with two attached hydrogens (primary N) is 1. The lowest BCUT2D eigenvalue weighted by molar-refractivity contribution is -0.136. The third-order valence-electron chi connectivity index (χ3n) is 3.47. The van der Waals surface area contributed by atoms with Crippen LogP contribution in [-0.2, 0) is 11.3 Å². The molecule has 0 aliphatic carbocycles. The van der Waals surface area contributed by atoms with E-state index >= 15 is 0 Å². The van der Waals surface area contributed by atoms with E-state index in [9.17, 15) is 4.79 Å². The smallest absolute Gasteiger partial charge is 0.240 e. The molecule has 21 heavy (non-hydrogen) atoms. The van der Waals surface area contributed by atoms with Crippen LogP contribution < -0.4 is 5.73 Å². The summed E-state index contributed by atoms with van der Waals surface area (Å²) in [5.74, 6) is 1.62. The number of aryl methyl sites for hydroxylation is 1. The molecule has 0 aliphatic rings. The molecule has 1 aromatic rings. The molecule has 1 aromatic heterocycles. The molecule has 1 rings (SSSR count). The maximum Gasteiger partial charge on any atom is 0.240 e. The Bertz CT molecular complexity index is 460. The Labute approximate surface area is 128 Å². The molecule has 0 saturated heterocycles. The maximum absolute atomic E-state index is 12.7. The lowest BCUT2D eigenvalue weighted by atomic mass is 9.86. The molecule has 0 aliphatic heterocycles. The lowest BCUT2D eigenvalue weighted by Crippen LogP contribution is -2.51. The van der Waals surface area contributed by atoms with Gasteiger partial charge in [0.15, 0.2) is 0 Å². The van der Waals surface area contributed by atoms with Gasteiger partial charge in [0.05, 0.1) is 12.6 Å². The van der Waals surface area contributed by atoms with Crippen molar-refractivity contribution in [3.8, 4) is 0 Å². The van der Waals surface area contributed by atoms with Gasteiger partial charge in [0.1, 0.15) is 11.5 Å². The summed E-state index contributed by atoms with van der Waals surface area (Å²) < 4.78 is 5.59. The second-order valence-corrected chi connectivity index (χ2v) is 6.92. The first-order valence-corrected chi connectivity index (χ1v) is 7.35. The maximum atomic E-state index is 12.7. The van der Waals surface area contributed by atoms with Gasteiger partial charge in [0, 0.05) is 13.1 Å². The van der Waals surface area contributed by atoms with Crippen molar-refractivity contribution in [3.05, 3.63) is 23.7 Å². The first-order chi connectivity index (χ1) is 9.61. The molecule has 1 amide bonds. The molecule has 0 fully saturated rings. The van der Waals surface area contributed by atoms with Crippen LogP contribution in [0.25, 0.3) is 0 Å². The van der Waals surface area contributed by atoms with Crippen LogP contribution in [-0.4, -0.2) is 48.9 Å². The molecule has 0 aromatic carbocycles. The molecule has 0 spiro atoms. The number of carbonyl (C=O) groups excluding carboxylic acids is 1. The van der Waals surface area contributed by atoms with Gasteiger partial charge in [-0.3, -0.25) is 4.79 Å². The molecule has 0 saturated carbocycles. The third kappa shape index (κ3) is 5.52. The van der Waals surface area contributed by atoms with E-state index in [1.54, 1.807) is 4.90 Å². The van der Waals surface area contributed by atoms with Gasteiger partial charge >= 0.3 is 0 Å². The van der Waals surface area contributed by atoms with Crippen molar-refractivity contribution in [1.82, 2.24) is 9.80 Å². The van der Waals surface area contributed by atoms with Crippen LogP contribution in [0.5, 0.6) is 0 Å². The predicted octanol–water partition coefficient (Wildman–Crippen LogP) is 1.85. The monoisotopic (exact) mass is 295 g/mol. The van der Waals surface area contributed by atoms with E-state index in [0.717, 1.165) is 18.1 Å². The van der Waals surface area contributed by atoms with Crippen molar-refractivity contribution in [1.29, 1.82) is 0 Å². The minimum atomic E-state index is -0.518. The molecule has 0 unspecified atom stereocenters. The van der Waals surface area contributed by atoms with Gasteiger partial charge < -0.3 is 20.0 Å². The third-order valence-corrected chi connectivity index (χ3v) is 3.47. The fraction of sp³-hybridized carbons (Fsp3) is 0.688. The second kappa shape index (κ2) is 7.09. The van der Waals surface area contributed by atoms with Crippen LogP contribution in [0.2, 0.25) is 0 Å². The lowest BCUT2D eigenvalue weighted by Gasteiger charge is -2.32. The van der Waals surface area contributed by atoms with E-state index < -0.39 is 6.04 Å². The summed E-state index contributed by atoms with van der Waals surface area (Å²) in [4.78, 5) is 16.5. The summed E-state index contributed by atoms with van der Waals surface area (Å²) in [5.41, 5.74) is 5.87. The highest BCUT2D eigenvalue weighted by Crippen LogP contribution is 2.20. The van der Waals surface area contributed by atoms with Crippen molar-refractivity contribution >= 4 is 5.91 Å². The predicted molar refractivity (Wildman–Crippen MR) is 84.8 cm³/mol. The molecule has 0 radical (unpaired) electrons. The number of hydrogen-bond acceptors (Lipinski definition) is 4. The number of likely N-dealkylation sites (N-methyl/N-ethyl adjacent to an activating group) is 1. The van der Waals surface area contributed by atoms with Gasteiger partial charge in [-0.05, 0) is 38.6 Å². The van der Waals surface area contributed by atoms with E-state index in [2.05, 4.69) is 4.90 Å². The van der Waals surface area contributed by atoms with Crippen LogP contribution in [0.1, 0.15) is 32.3 Å². The summed E-state index contributed by atoms with van der Waals surface area (Å²) in [6.45, 7) is 9.74. The zero-order valence-corrected chi connectivity index (χ0v) is 14.1. The minimum Gasteiger partial charge on any atom is -0.464 e. The van der Waals surface area contributed by atoms with Crippen LogP contribution >= 0.6 is 0 Å². The van der Waals surface area contributed by atoms with Crippen molar-refractivity contribution in [3.63, 3.8) is 0 Å². The molecule has 1 heterocycles. The van der Waals surface area contributed by atoms with Gasteiger partial charge in [0.2, 0.25) is 5.91 Å². The molecular formula is C16H29N3O2. The Morgan fingerprint density at radius 1 is 1.29 bits per heavy atom. The van der Waals surface area contributed by atoms with E-state index in [-0.39, 0.29) is 11.3 Å². The van der Waals surface area contributed by atoms with Crippen LogP contribution in [0.15, 0.2) is 16.5 Å². The van der Waals surface area contributed by atoms with Crippen molar-refractivity contribution in [2.75, 3.05) is 27.2 Å². The summed E-state index contributed by atoms with van der Waals surface area (Å²) in [6.07, 6.45) is 0. The second-order valence-electron chi connectivity index (χ2n) is 6.92. The number of furan rings is 1. The van der Waals surface area contributed by atoms with Gasteiger partial charge in [-0.15, -0.1) is 0 Å². The number of amides is 1. The molecule has 1 atom stereocenters. The topological polar surface area (TPSA) is 62.7 Å². The molecule has 0 bridgehead atoms. The molecule has 5 nitrogen and oxygen atoms in total. The Morgan fingerprint density at radius 3 is 2.33 bits per heavy atom. The Hall–Kier alpha value is -1.33. The van der Waals surface area contributed by atoms with Gasteiger partial charge in [-0.25, -0.2) is 0 Å². The quantitative estimate of drug-likeness (QED) is 0.870. The van der Waals surface area contributed by atoms with E-state index in [4.69, 9.17) is 10.2 Å². The zero-order chi connectivity index (χ0) is 16.2. The van der Waals surface area contributed by atoms with Crippen molar-refractivity contribution < 1.29 is 9.21 Å². The molecule has 120 valence electrons. The Morgan fingerprint density at radius 2 is 1.90 bits per heavy atom. The number of carbonyl (C=O) groups is 1. The molecule has 5 heteroatoms. The number of rotatable bonds is 6. The van der Waals surface area contributed by atoms with E-state index in [0.29, 0.717) is 13.1 Å². The average Bonchev–Trinajstić information content (AvgIpc) is 2.77. The molecular weight excluding hydrogens is 266 g/mol. The fourth-order valence-electron chi connectivity index (χ4n) is 1.91. The summed E-state index contributed by atoms with van der Waals surface area (Å²) >= 11 is 0. The highest BCUT2D eigenvalue weighted by molar-refractivity contribution is 5.82. The summed E-state index contributed by atoms with van der Waals surface area (Å²) in [5, 5.41) is 0. The van der Waals surface area contributed by atoms with Gasteiger partial charge in [0.25, 0.3) is 0 Å². The highest BCUT2D eigenvalue weighted by atomic mass is 16.3.